The SMILES string of the molecule is O=Cc1cn(CC(=O)Nc2ccccc2)c2ncccc12. The van der Waals surface area contributed by atoms with Gasteiger partial charge in [-0.1, -0.05) is 18.2 Å². The van der Waals surface area contributed by atoms with Crippen LogP contribution >= 0.6 is 0 Å². The van der Waals surface area contributed by atoms with E-state index < -0.39 is 0 Å². The Morgan fingerprint density at radius 3 is 2.76 bits per heavy atom. The monoisotopic (exact) mass is 279 g/mol. The molecule has 0 spiro atoms. The maximum absolute atomic E-state index is 12.1. The molecule has 0 fully saturated rings. The number of amides is 1. The average Bonchev–Trinajstić information content (AvgIpc) is 2.86. The fraction of sp³-hybridized carbons (Fsp3) is 0.0625. The summed E-state index contributed by atoms with van der Waals surface area (Å²) in [6.45, 7) is 0.107. The highest BCUT2D eigenvalue weighted by atomic mass is 16.2. The summed E-state index contributed by atoms with van der Waals surface area (Å²) in [6, 6.07) is 12.8. The van der Waals surface area contributed by atoms with Gasteiger partial charge in [0.2, 0.25) is 5.91 Å². The second-order valence-corrected chi connectivity index (χ2v) is 4.62. The lowest BCUT2D eigenvalue weighted by Gasteiger charge is -2.06. The van der Waals surface area contributed by atoms with E-state index in [0.29, 0.717) is 11.2 Å². The van der Waals surface area contributed by atoms with Crippen molar-refractivity contribution in [2.24, 2.45) is 0 Å². The molecule has 3 rings (SSSR count). The average molecular weight is 279 g/mol. The number of carbonyl (C=O) groups excluding carboxylic acids is 2. The molecule has 1 amide bonds. The van der Waals surface area contributed by atoms with Crippen molar-refractivity contribution in [3.63, 3.8) is 0 Å². The zero-order valence-electron chi connectivity index (χ0n) is 11.2. The molecule has 2 heterocycles. The number of carbonyl (C=O) groups is 2. The summed E-state index contributed by atoms with van der Waals surface area (Å²) in [7, 11) is 0. The summed E-state index contributed by atoms with van der Waals surface area (Å²) < 4.78 is 1.68. The normalized spacial score (nSPS) is 10.5. The highest BCUT2D eigenvalue weighted by molar-refractivity contribution is 5.97. The van der Waals surface area contributed by atoms with E-state index in [-0.39, 0.29) is 12.5 Å². The molecule has 2 aromatic heterocycles. The van der Waals surface area contributed by atoms with Crippen molar-refractivity contribution in [1.82, 2.24) is 9.55 Å². The van der Waals surface area contributed by atoms with E-state index in [1.807, 2.05) is 36.4 Å². The van der Waals surface area contributed by atoms with Crippen LogP contribution < -0.4 is 5.32 Å². The van der Waals surface area contributed by atoms with E-state index in [2.05, 4.69) is 10.3 Å². The van der Waals surface area contributed by atoms with Gasteiger partial charge in [-0.25, -0.2) is 4.98 Å². The maximum Gasteiger partial charge on any atom is 0.244 e. The predicted molar refractivity (Wildman–Crippen MR) is 80.2 cm³/mol. The molecular weight excluding hydrogens is 266 g/mol. The molecule has 3 aromatic rings. The molecule has 0 radical (unpaired) electrons. The highest BCUT2D eigenvalue weighted by Gasteiger charge is 2.11. The minimum atomic E-state index is -0.166. The van der Waals surface area contributed by atoms with Gasteiger partial charge in [-0.2, -0.15) is 0 Å². The first-order chi connectivity index (χ1) is 10.3. The van der Waals surface area contributed by atoms with Crippen molar-refractivity contribution in [2.45, 2.75) is 6.54 Å². The lowest BCUT2D eigenvalue weighted by molar-refractivity contribution is -0.116. The Balaban J connectivity index is 1.85. The van der Waals surface area contributed by atoms with Gasteiger partial charge in [-0.3, -0.25) is 9.59 Å². The number of benzene rings is 1. The Morgan fingerprint density at radius 1 is 1.19 bits per heavy atom. The van der Waals surface area contributed by atoms with Crippen molar-refractivity contribution in [3.05, 3.63) is 60.4 Å². The summed E-state index contributed by atoms with van der Waals surface area (Å²) in [4.78, 5) is 27.4. The van der Waals surface area contributed by atoms with Crippen molar-refractivity contribution >= 4 is 28.9 Å². The number of aromatic nitrogens is 2. The number of pyridine rings is 1. The molecule has 0 saturated carbocycles. The van der Waals surface area contributed by atoms with Crippen molar-refractivity contribution < 1.29 is 9.59 Å². The number of hydrogen-bond donors (Lipinski definition) is 1. The molecule has 0 aliphatic heterocycles. The molecule has 0 bridgehead atoms. The Bertz CT molecular complexity index is 794. The van der Waals surface area contributed by atoms with Crippen molar-refractivity contribution in [3.8, 4) is 0 Å². The second-order valence-electron chi connectivity index (χ2n) is 4.62. The minimum absolute atomic E-state index is 0.107. The fourth-order valence-corrected chi connectivity index (χ4v) is 2.24. The van der Waals surface area contributed by atoms with Gasteiger partial charge in [0.15, 0.2) is 6.29 Å². The largest absolute Gasteiger partial charge is 0.325 e. The van der Waals surface area contributed by atoms with Crippen molar-refractivity contribution in [1.29, 1.82) is 0 Å². The summed E-state index contributed by atoms with van der Waals surface area (Å²) in [5.74, 6) is -0.166. The predicted octanol–water partition coefficient (Wildman–Crippen LogP) is 2.49. The lowest BCUT2D eigenvalue weighted by Crippen LogP contribution is -2.18. The van der Waals surface area contributed by atoms with Crippen LogP contribution in [0.5, 0.6) is 0 Å². The number of rotatable bonds is 4. The van der Waals surface area contributed by atoms with Gasteiger partial charge in [-0.15, -0.1) is 0 Å². The van der Waals surface area contributed by atoms with Crippen LogP contribution in [0.3, 0.4) is 0 Å². The molecule has 5 nitrogen and oxygen atoms in total. The quantitative estimate of drug-likeness (QED) is 0.746. The van der Waals surface area contributed by atoms with Gasteiger partial charge in [0.1, 0.15) is 12.2 Å². The van der Waals surface area contributed by atoms with Crippen LogP contribution in [0.2, 0.25) is 0 Å². The van der Waals surface area contributed by atoms with Gasteiger partial charge in [0.05, 0.1) is 0 Å². The van der Waals surface area contributed by atoms with E-state index >= 15 is 0 Å². The summed E-state index contributed by atoms with van der Waals surface area (Å²) in [5.41, 5.74) is 1.90. The third-order valence-corrected chi connectivity index (χ3v) is 3.16. The first kappa shape index (κ1) is 13.1. The summed E-state index contributed by atoms with van der Waals surface area (Å²) >= 11 is 0. The third-order valence-electron chi connectivity index (χ3n) is 3.16. The zero-order chi connectivity index (χ0) is 14.7. The van der Waals surface area contributed by atoms with Crippen molar-refractivity contribution in [2.75, 3.05) is 5.32 Å². The van der Waals surface area contributed by atoms with Crippen LogP contribution in [-0.2, 0) is 11.3 Å². The molecule has 5 heteroatoms. The molecule has 0 aliphatic carbocycles. The number of fused-ring (bicyclic) bond motifs is 1. The molecule has 21 heavy (non-hydrogen) atoms. The topological polar surface area (TPSA) is 64.0 Å². The van der Waals surface area contributed by atoms with Gasteiger partial charge in [0, 0.05) is 29.0 Å². The second kappa shape index (κ2) is 5.58. The molecule has 1 N–H and O–H groups in total. The third kappa shape index (κ3) is 2.67. The van der Waals surface area contributed by atoms with Crippen LogP contribution in [0.1, 0.15) is 10.4 Å². The summed E-state index contributed by atoms with van der Waals surface area (Å²) in [6.07, 6.45) is 4.06. The van der Waals surface area contributed by atoms with E-state index in [1.165, 1.54) is 0 Å². The molecule has 1 aromatic carbocycles. The number of hydrogen-bond acceptors (Lipinski definition) is 3. The molecule has 0 aliphatic rings. The van der Waals surface area contributed by atoms with Crippen LogP contribution in [0.4, 0.5) is 5.69 Å². The first-order valence-corrected chi connectivity index (χ1v) is 6.52. The maximum atomic E-state index is 12.1. The number of aldehydes is 1. The first-order valence-electron chi connectivity index (χ1n) is 6.52. The van der Waals surface area contributed by atoms with Crippen LogP contribution in [0.25, 0.3) is 11.0 Å². The smallest absolute Gasteiger partial charge is 0.244 e. The number of nitrogens with one attached hydrogen (secondary N) is 1. The Kier molecular flexibility index (Phi) is 3.47. The Labute approximate surface area is 121 Å². The van der Waals surface area contributed by atoms with Gasteiger partial charge < -0.3 is 9.88 Å². The highest BCUT2D eigenvalue weighted by Crippen LogP contribution is 2.17. The fourth-order valence-electron chi connectivity index (χ4n) is 2.24. The minimum Gasteiger partial charge on any atom is -0.325 e. The van der Waals surface area contributed by atoms with Gasteiger partial charge >= 0.3 is 0 Å². The van der Waals surface area contributed by atoms with Gasteiger partial charge in [0.25, 0.3) is 0 Å². The van der Waals surface area contributed by atoms with E-state index in [1.54, 1.807) is 23.0 Å². The zero-order valence-corrected chi connectivity index (χ0v) is 11.2. The molecule has 0 atom stereocenters. The van der Waals surface area contributed by atoms with E-state index in [4.69, 9.17) is 0 Å². The number of nitrogens with zero attached hydrogens (tertiary/aromatic N) is 2. The number of anilines is 1. The Hall–Kier alpha value is -2.95. The lowest BCUT2D eigenvalue weighted by atomic mass is 10.2. The molecule has 0 saturated heterocycles. The van der Waals surface area contributed by atoms with Crippen LogP contribution in [-0.4, -0.2) is 21.7 Å². The standard InChI is InChI=1S/C16H13N3O2/c20-11-12-9-19(16-14(12)7-4-8-17-16)10-15(21)18-13-5-2-1-3-6-13/h1-9,11H,10H2,(H,18,21). The van der Waals surface area contributed by atoms with E-state index in [9.17, 15) is 9.59 Å². The number of para-hydroxylation sites is 1. The van der Waals surface area contributed by atoms with Crippen LogP contribution in [0.15, 0.2) is 54.9 Å². The molecule has 0 unspecified atom stereocenters. The summed E-state index contributed by atoms with van der Waals surface area (Å²) in [5, 5.41) is 3.56. The van der Waals surface area contributed by atoms with Crippen LogP contribution in [0, 0.1) is 0 Å². The van der Waals surface area contributed by atoms with Gasteiger partial charge in [-0.05, 0) is 24.3 Å². The molecular formula is C16H13N3O2. The molecule has 104 valence electrons. The van der Waals surface area contributed by atoms with E-state index in [0.717, 1.165) is 17.4 Å². The Morgan fingerprint density at radius 2 is 2.00 bits per heavy atom.